The number of hydrogen-bond acceptors (Lipinski definition) is 0. The maximum Gasteiger partial charge on any atom is -0.0325 e. The molecule has 0 aromatic carbocycles. The smallest absolute Gasteiger partial charge is 0.0325 e. The maximum absolute atomic E-state index is 2.42. The summed E-state index contributed by atoms with van der Waals surface area (Å²) in [6.07, 6.45) is 21.5. The third kappa shape index (κ3) is 13.8. The molecular formula is C18H36. The highest BCUT2D eigenvalue weighted by atomic mass is 14.0. The van der Waals surface area contributed by atoms with E-state index in [1.807, 2.05) is 0 Å². The van der Waals surface area contributed by atoms with Crippen molar-refractivity contribution in [3.8, 4) is 0 Å². The van der Waals surface area contributed by atoms with Crippen LogP contribution in [0.2, 0.25) is 0 Å². The third-order valence-electron chi connectivity index (χ3n) is 3.73. The number of hydrogen-bond donors (Lipinski definition) is 0. The highest BCUT2D eigenvalue weighted by Gasteiger charge is 1.99. The van der Waals surface area contributed by atoms with Crippen LogP contribution in [0.3, 0.4) is 0 Å². The van der Waals surface area contributed by atoms with Crippen LogP contribution in [0.25, 0.3) is 0 Å². The van der Waals surface area contributed by atoms with E-state index >= 15 is 0 Å². The van der Waals surface area contributed by atoms with Gasteiger partial charge in [0.1, 0.15) is 0 Å². The van der Waals surface area contributed by atoms with Gasteiger partial charge in [-0.3, -0.25) is 0 Å². The molecular weight excluding hydrogens is 216 g/mol. The molecule has 0 amide bonds. The van der Waals surface area contributed by atoms with Crippen molar-refractivity contribution in [1.82, 2.24) is 0 Å². The minimum atomic E-state index is 0.888. The molecule has 0 heterocycles. The lowest BCUT2D eigenvalue weighted by Crippen LogP contribution is -1.92. The topological polar surface area (TPSA) is 0 Å². The summed E-state index contributed by atoms with van der Waals surface area (Å²) in [5.74, 6) is 0.888. The van der Waals surface area contributed by atoms with E-state index in [0.29, 0.717) is 0 Å². The van der Waals surface area contributed by atoms with Gasteiger partial charge in [0.15, 0.2) is 0 Å². The molecule has 0 aliphatic carbocycles. The molecule has 1 unspecified atom stereocenters. The van der Waals surface area contributed by atoms with E-state index in [9.17, 15) is 0 Å². The summed E-state index contributed by atoms with van der Waals surface area (Å²) in [6, 6.07) is 0. The Kier molecular flexibility index (Phi) is 14.6. The van der Waals surface area contributed by atoms with Gasteiger partial charge in [0.05, 0.1) is 0 Å². The molecule has 1 atom stereocenters. The molecule has 0 aromatic rings. The molecule has 0 bridgehead atoms. The van der Waals surface area contributed by atoms with Gasteiger partial charge in [-0.2, -0.15) is 0 Å². The van der Waals surface area contributed by atoms with Crippen molar-refractivity contribution < 1.29 is 0 Å². The maximum atomic E-state index is 2.42. The van der Waals surface area contributed by atoms with Crippen molar-refractivity contribution in [2.75, 3.05) is 0 Å². The van der Waals surface area contributed by atoms with E-state index in [1.165, 1.54) is 77.0 Å². The molecule has 0 heteroatoms. The highest BCUT2D eigenvalue weighted by molar-refractivity contribution is 4.83. The Labute approximate surface area is 116 Å². The van der Waals surface area contributed by atoms with E-state index < -0.39 is 0 Å². The molecule has 0 fully saturated rings. The lowest BCUT2D eigenvalue weighted by Gasteiger charge is -2.08. The summed E-state index contributed by atoms with van der Waals surface area (Å²) in [5.41, 5.74) is 0. The molecule has 0 saturated carbocycles. The predicted octanol–water partition coefficient (Wildman–Crippen LogP) is 6.90. The van der Waals surface area contributed by atoms with E-state index in [0.717, 1.165) is 5.92 Å². The van der Waals surface area contributed by atoms with Gasteiger partial charge in [-0.05, 0) is 25.2 Å². The van der Waals surface area contributed by atoms with Gasteiger partial charge in [0.2, 0.25) is 0 Å². The first-order valence-electron chi connectivity index (χ1n) is 8.46. The quantitative estimate of drug-likeness (QED) is 0.247. The lowest BCUT2D eigenvalue weighted by molar-refractivity contribution is 0.489. The summed E-state index contributed by atoms with van der Waals surface area (Å²) in [7, 11) is 0. The normalized spacial score (nSPS) is 13.3. The third-order valence-corrected chi connectivity index (χ3v) is 3.73. The molecule has 0 N–H and O–H groups in total. The first kappa shape index (κ1) is 17.7. The Morgan fingerprint density at radius 3 is 2.00 bits per heavy atom. The summed E-state index contributed by atoms with van der Waals surface area (Å²) in [4.78, 5) is 0. The van der Waals surface area contributed by atoms with Gasteiger partial charge in [-0.25, -0.2) is 0 Å². The standard InChI is InChI=1S/C18H36/c1-4-6-8-10-11-13-15-17-18(3)16-14-12-9-7-5-2/h13,15,18H,4-12,14,16-17H2,1-3H3. The van der Waals surface area contributed by atoms with Crippen LogP contribution in [0, 0.1) is 5.92 Å². The fourth-order valence-corrected chi connectivity index (χ4v) is 2.35. The molecule has 0 aromatic heterocycles. The van der Waals surface area contributed by atoms with Crippen LogP contribution in [0.4, 0.5) is 0 Å². The zero-order valence-electron chi connectivity index (χ0n) is 13.2. The molecule has 108 valence electrons. The Morgan fingerprint density at radius 1 is 0.722 bits per heavy atom. The average molecular weight is 252 g/mol. The van der Waals surface area contributed by atoms with Crippen LogP contribution in [0.15, 0.2) is 12.2 Å². The van der Waals surface area contributed by atoms with Gasteiger partial charge in [-0.15, -0.1) is 0 Å². The van der Waals surface area contributed by atoms with Crippen molar-refractivity contribution in [2.24, 2.45) is 5.92 Å². The van der Waals surface area contributed by atoms with Gasteiger partial charge < -0.3 is 0 Å². The summed E-state index contributed by atoms with van der Waals surface area (Å²) >= 11 is 0. The Morgan fingerprint density at radius 2 is 1.33 bits per heavy atom. The molecule has 0 aliphatic rings. The Balaban J connectivity index is 3.24. The van der Waals surface area contributed by atoms with Crippen molar-refractivity contribution in [3.05, 3.63) is 12.2 Å². The van der Waals surface area contributed by atoms with Crippen LogP contribution in [-0.2, 0) is 0 Å². The second kappa shape index (κ2) is 14.8. The summed E-state index contributed by atoms with van der Waals surface area (Å²) in [6.45, 7) is 6.97. The minimum absolute atomic E-state index is 0.888. The molecule has 18 heavy (non-hydrogen) atoms. The summed E-state index contributed by atoms with van der Waals surface area (Å²) in [5, 5.41) is 0. The fourth-order valence-electron chi connectivity index (χ4n) is 2.35. The number of unbranched alkanes of at least 4 members (excludes halogenated alkanes) is 8. The molecule has 0 saturated heterocycles. The summed E-state index contributed by atoms with van der Waals surface area (Å²) < 4.78 is 0. The molecule has 0 aliphatic heterocycles. The lowest BCUT2D eigenvalue weighted by atomic mass is 9.99. The van der Waals surface area contributed by atoms with Crippen LogP contribution in [-0.4, -0.2) is 0 Å². The van der Waals surface area contributed by atoms with Crippen molar-refractivity contribution >= 4 is 0 Å². The molecule has 0 radical (unpaired) electrons. The van der Waals surface area contributed by atoms with Gasteiger partial charge in [0.25, 0.3) is 0 Å². The average Bonchev–Trinajstić information content (AvgIpc) is 2.37. The monoisotopic (exact) mass is 252 g/mol. The van der Waals surface area contributed by atoms with Crippen molar-refractivity contribution in [2.45, 2.75) is 97.8 Å². The van der Waals surface area contributed by atoms with Crippen molar-refractivity contribution in [1.29, 1.82) is 0 Å². The predicted molar refractivity (Wildman–Crippen MR) is 85.1 cm³/mol. The fraction of sp³-hybridized carbons (Fsp3) is 0.889. The van der Waals surface area contributed by atoms with E-state index in [-0.39, 0.29) is 0 Å². The van der Waals surface area contributed by atoms with E-state index in [1.54, 1.807) is 0 Å². The first-order valence-corrected chi connectivity index (χ1v) is 8.46. The molecule has 0 nitrogen and oxygen atoms in total. The van der Waals surface area contributed by atoms with Crippen LogP contribution in [0.1, 0.15) is 97.8 Å². The number of rotatable bonds is 13. The Bertz CT molecular complexity index is 169. The number of allylic oxidation sites excluding steroid dienone is 2. The van der Waals surface area contributed by atoms with Crippen LogP contribution >= 0.6 is 0 Å². The van der Waals surface area contributed by atoms with E-state index in [4.69, 9.17) is 0 Å². The second-order valence-corrected chi connectivity index (χ2v) is 5.86. The minimum Gasteiger partial charge on any atom is -0.0885 e. The first-order chi connectivity index (χ1) is 8.81. The van der Waals surface area contributed by atoms with Gasteiger partial charge in [0, 0.05) is 0 Å². The van der Waals surface area contributed by atoms with Gasteiger partial charge >= 0.3 is 0 Å². The molecule has 0 spiro atoms. The van der Waals surface area contributed by atoms with Crippen LogP contribution < -0.4 is 0 Å². The van der Waals surface area contributed by atoms with E-state index in [2.05, 4.69) is 32.9 Å². The zero-order chi connectivity index (χ0) is 13.5. The SMILES string of the molecule is CCCCCCC=CCC(C)CCCCCCC. The van der Waals surface area contributed by atoms with Crippen molar-refractivity contribution in [3.63, 3.8) is 0 Å². The molecule has 0 rings (SSSR count). The largest absolute Gasteiger partial charge is 0.0885 e. The van der Waals surface area contributed by atoms with Gasteiger partial charge in [-0.1, -0.05) is 90.7 Å². The Hall–Kier alpha value is -0.260. The highest BCUT2D eigenvalue weighted by Crippen LogP contribution is 2.15. The van der Waals surface area contributed by atoms with Crippen LogP contribution in [0.5, 0.6) is 0 Å². The second-order valence-electron chi connectivity index (χ2n) is 5.86. The zero-order valence-corrected chi connectivity index (χ0v) is 13.2.